The number of sulfone groups is 1. The first-order valence-electron chi connectivity index (χ1n) is 6.96. The lowest BCUT2D eigenvalue weighted by atomic mass is 10.0. The highest BCUT2D eigenvalue weighted by Gasteiger charge is 2.26. The van der Waals surface area contributed by atoms with E-state index >= 15 is 0 Å². The third-order valence-corrected chi connectivity index (χ3v) is 5.90. The number of rotatable bonds is 5. The van der Waals surface area contributed by atoms with Crippen molar-refractivity contribution in [3.63, 3.8) is 0 Å². The molecule has 0 heterocycles. The average Bonchev–Trinajstić information content (AvgIpc) is 2.49. The minimum Gasteiger partial charge on any atom is -0.493 e. The van der Waals surface area contributed by atoms with E-state index in [9.17, 15) is 8.42 Å². The van der Waals surface area contributed by atoms with Gasteiger partial charge in [0.05, 0.1) is 22.6 Å². The fraction of sp³-hybridized carbons (Fsp3) is 0.533. The van der Waals surface area contributed by atoms with Gasteiger partial charge in [-0.2, -0.15) is 5.26 Å². The Labute approximate surface area is 120 Å². The van der Waals surface area contributed by atoms with Crippen molar-refractivity contribution in [1.82, 2.24) is 0 Å². The van der Waals surface area contributed by atoms with Crippen LogP contribution in [0, 0.1) is 11.3 Å². The lowest BCUT2D eigenvalue weighted by Gasteiger charge is -2.21. The van der Waals surface area contributed by atoms with Gasteiger partial charge in [0.15, 0.2) is 9.84 Å². The van der Waals surface area contributed by atoms with Crippen LogP contribution in [-0.2, 0) is 9.84 Å². The number of nitriles is 1. The molecule has 0 N–H and O–H groups in total. The molecule has 0 unspecified atom stereocenters. The van der Waals surface area contributed by atoms with Gasteiger partial charge in [-0.3, -0.25) is 0 Å². The van der Waals surface area contributed by atoms with E-state index in [0.29, 0.717) is 11.3 Å². The molecule has 0 bridgehead atoms. The first-order chi connectivity index (χ1) is 9.62. The van der Waals surface area contributed by atoms with Gasteiger partial charge in [0.1, 0.15) is 12.4 Å². The van der Waals surface area contributed by atoms with Crippen molar-refractivity contribution in [3.8, 4) is 11.8 Å². The Bertz CT molecular complexity index is 566. The van der Waals surface area contributed by atoms with Crippen LogP contribution < -0.4 is 4.74 Å². The van der Waals surface area contributed by atoms with Gasteiger partial charge in [0.25, 0.3) is 0 Å². The van der Waals surface area contributed by atoms with Crippen molar-refractivity contribution in [2.24, 2.45) is 0 Å². The lowest BCUT2D eigenvalue weighted by Crippen LogP contribution is -2.28. The summed E-state index contributed by atoms with van der Waals surface area (Å²) in [4.78, 5) is 0. The molecule has 1 fully saturated rings. The third-order valence-electron chi connectivity index (χ3n) is 3.68. The van der Waals surface area contributed by atoms with E-state index in [0.717, 1.165) is 32.1 Å². The van der Waals surface area contributed by atoms with Crippen LogP contribution in [0.3, 0.4) is 0 Å². The summed E-state index contributed by atoms with van der Waals surface area (Å²) in [7, 11) is -3.04. The van der Waals surface area contributed by atoms with Crippen molar-refractivity contribution < 1.29 is 13.2 Å². The monoisotopic (exact) mass is 293 g/mol. The number of benzene rings is 1. The molecule has 0 radical (unpaired) electrons. The van der Waals surface area contributed by atoms with Crippen molar-refractivity contribution >= 4 is 9.84 Å². The van der Waals surface area contributed by atoms with Crippen LogP contribution in [-0.4, -0.2) is 26.0 Å². The molecule has 108 valence electrons. The molecule has 1 aromatic rings. The molecule has 2 rings (SSSR count). The number of ether oxygens (including phenoxy) is 1. The van der Waals surface area contributed by atoms with Crippen molar-refractivity contribution in [1.29, 1.82) is 5.26 Å². The van der Waals surface area contributed by atoms with Gasteiger partial charge in [-0.15, -0.1) is 0 Å². The Morgan fingerprint density at radius 3 is 2.40 bits per heavy atom. The Kier molecular flexibility index (Phi) is 5.02. The summed E-state index contributed by atoms with van der Waals surface area (Å²) in [5, 5.41) is 8.51. The molecule has 0 atom stereocenters. The molecule has 0 saturated heterocycles. The number of hydrogen-bond acceptors (Lipinski definition) is 4. The molecule has 4 nitrogen and oxygen atoms in total. The topological polar surface area (TPSA) is 67.2 Å². The number of hydrogen-bond donors (Lipinski definition) is 0. The van der Waals surface area contributed by atoms with Gasteiger partial charge in [-0.1, -0.05) is 19.3 Å². The largest absolute Gasteiger partial charge is 0.493 e. The van der Waals surface area contributed by atoms with E-state index in [1.54, 1.807) is 24.3 Å². The van der Waals surface area contributed by atoms with Crippen LogP contribution in [0.15, 0.2) is 24.3 Å². The zero-order valence-electron chi connectivity index (χ0n) is 11.4. The molecule has 1 aliphatic rings. The second kappa shape index (κ2) is 6.76. The Morgan fingerprint density at radius 1 is 1.15 bits per heavy atom. The standard InChI is InChI=1S/C15H19NO3S/c16-12-13-6-8-14(9-7-13)19-10-11-20(17,18)15-4-2-1-3-5-15/h6-9,15H,1-5,10-11H2. The fourth-order valence-electron chi connectivity index (χ4n) is 2.49. The van der Waals surface area contributed by atoms with Gasteiger partial charge in [-0.05, 0) is 37.1 Å². The zero-order valence-corrected chi connectivity index (χ0v) is 12.2. The summed E-state index contributed by atoms with van der Waals surface area (Å²) >= 11 is 0. The molecule has 0 amide bonds. The Hall–Kier alpha value is -1.54. The predicted molar refractivity (Wildman–Crippen MR) is 77.3 cm³/mol. The highest BCUT2D eigenvalue weighted by Crippen LogP contribution is 2.24. The van der Waals surface area contributed by atoms with Crippen LogP contribution in [0.25, 0.3) is 0 Å². The summed E-state index contributed by atoms with van der Waals surface area (Å²) in [5.41, 5.74) is 0.562. The maximum Gasteiger partial charge on any atom is 0.156 e. The summed E-state index contributed by atoms with van der Waals surface area (Å²) in [6.07, 6.45) is 4.76. The van der Waals surface area contributed by atoms with E-state index in [2.05, 4.69) is 0 Å². The van der Waals surface area contributed by atoms with Gasteiger partial charge in [-0.25, -0.2) is 8.42 Å². The molecule has 0 aliphatic heterocycles. The molecule has 20 heavy (non-hydrogen) atoms. The van der Waals surface area contributed by atoms with Gasteiger partial charge >= 0.3 is 0 Å². The second-order valence-corrected chi connectivity index (χ2v) is 7.51. The minimum atomic E-state index is -3.04. The van der Waals surface area contributed by atoms with Crippen LogP contribution in [0.5, 0.6) is 5.75 Å². The van der Waals surface area contributed by atoms with Gasteiger partial charge < -0.3 is 4.74 Å². The normalized spacial score (nSPS) is 16.6. The van der Waals surface area contributed by atoms with Gasteiger partial charge in [0, 0.05) is 0 Å². The van der Waals surface area contributed by atoms with Crippen molar-refractivity contribution in [3.05, 3.63) is 29.8 Å². The lowest BCUT2D eigenvalue weighted by molar-refractivity contribution is 0.339. The fourth-order valence-corrected chi connectivity index (χ4v) is 4.19. The smallest absolute Gasteiger partial charge is 0.156 e. The molecule has 1 aromatic carbocycles. The quantitative estimate of drug-likeness (QED) is 0.837. The van der Waals surface area contributed by atoms with E-state index in [-0.39, 0.29) is 17.6 Å². The Morgan fingerprint density at radius 2 is 1.80 bits per heavy atom. The van der Waals surface area contributed by atoms with E-state index in [4.69, 9.17) is 10.00 Å². The first-order valence-corrected chi connectivity index (χ1v) is 8.68. The van der Waals surface area contributed by atoms with Crippen LogP contribution in [0.4, 0.5) is 0 Å². The maximum atomic E-state index is 12.2. The summed E-state index contributed by atoms with van der Waals surface area (Å²) in [6.45, 7) is 0.171. The highest BCUT2D eigenvalue weighted by molar-refractivity contribution is 7.92. The van der Waals surface area contributed by atoms with Crippen LogP contribution >= 0.6 is 0 Å². The van der Waals surface area contributed by atoms with Crippen LogP contribution in [0.1, 0.15) is 37.7 Å². The van der Waals surface area contributed by atoms with Crippen molar-refractivity contribution in [2.75, 3.05) is 12.4 Å². The molecule has 0 aromatic heterocycles. The average molecular weight is 293 g/mol. The molecule has 1 aliphatic carbocycles. The molecular weight excluding hydrogens is 274 g/mol. The zero-order chi connectivity index (χ0) is 14.4. The van der Waals surface area contributed by atoms with Gasteiger partial charge in [0.2, 0.25) is 0 Å². The predicted octanol–water partition coefficient (Wildman–Crippen LogP) is 2.68. The highest BCUT2D eigenvalue weighted by atomic mass is 32.2. The maximum absolute atomic E-state index is 12.2. The summed E-state index contributed by atoms with van der Waals surface area (Å²) < 4.78 is 29.7. The molecular formula is C15H19NO3S. The van der Waals surface area contributed by atoms with E-state index < -0.39 is 9.84 Å². The third kappa shape index (κ3) is 3.97. The second-order valence-electron chi connectivity index (χ2n) is 5.11. The van der Waals surface area contributed by atoms with Crippen LogP contribution in [0.2, 0.25) is 0 Å². The number of nitrogens with zero attached hydrogens (tertiary/aromatic N) is 1. The first kappa shape index (κ1) is 14.9. The van der Waals surface area contributed by atoms with Crippen molar-refractivity contribution in [2.45, 2.75) is 37.4 Å². The minimum absolute atomic E-state index is 0.0671. The SMILES string of the molecule is N#Cc1ccc(OCCS(=O)(=O)C2CCCCC2)cc1. The summed E-state index contributed by atoms with van der Waals surface area (Å²) in [6, 6.07) is 8.71. The Balaban J connectivity index is 1.83. The van der Waals surface area contributed by atoms with E-state index in [1.165, 1.54) is 0 Å². The van der Waals surface area contributed by atoms with E-state index in [1.807, 2.05) is 6.07 Å². The molecule has 0 spiro atoms. The summed E-state index contributed by atoms with van der Waals surface area (Å²) in [5.74, 6) is 0.667. The molecule has 1 saturated carbocycles. The molecule has 5 heteroatoms.